The molecular formula is C126H83N9. The minimum absolute atomic E-state index is 1.08. The van der Waals surface area contributed by atoms with Gasteiger partial charge in [-0.1, -0.05) is 297 Å². The van der Waals surface area contributed by atoms with E-state index in [-0.39, 0.29) is 0 Å². The summed E-state index contributed by atoms with van der Waals surface area (Å²) in [7, 11) is 0. The van der Waals surface area contributed by atoms with Gasteiger partial charge in [-0.3, -0.25) is 0 Å². The van der Waals surface area contributed by atoms with Gasteiger partial charge in [0.15, 0.2) is 0 Å². The quantitative estimate of drug-likeness (QED) is 0.127. The van der Waals surface area contributed by atoms with Crippen molar-refractivity contribution in [3.05, 3.63) is 504 Å². The lowest BCUT2D eigenvalue weighted by Gasteiger charge is -2.26. The fourth-order valence-electron chi connectivity index (χ4n) is 22.0. The van der Waals surface area contributed by atoms with Crippen molar-refractivity contribution in [2.75, 3.05) is 4.90 Å². The van der Waals surface area contributed by atoms with Crippen molar-refractivity contribution in [2.45, 2.75) is 0 Å². The van der Waals surface area contributed by atoms with E-state index in [2.05, 4.69) is 545 Å². The van der Waals surface area contributed by atoms with Crippen LogP contribution >= 0.6 is 0 Å². The van der Waals surface area contributed by atoms with Gasteiger partial charge in [0.25, 0.3) is 0 Å². The highest BCUT2D eigenvalue weighted by Crippen LogP contribution is 2.45. The molecule has 0 radical (unpaired) electrons. The molecular weight excluding hydrogens is 1640 g/mol. The van der Waals surface area contributed by atoms with Crippen molar-refractivity contribution in [2.24, 2.45) is 0 Å². The first-order chi connectivity index (χ1) is 67.0. The van der Waals surface area contributed by atoms with Crippen molar-refractivity contribution in [1.82, 2.24) is 36.5 Å². The second-order valence-electron chi connectivity index (χ2n) is 35.1. The first kappa shape index (κ1) is 76.8. The number of nitrogens with zero attached hydrogens (tertiary/aromatic N) is 9. The predicted molar refractivity (Wildman–Crippen MR) is 569 cm³/mol. The zero-order valence-electron chi connectivity index (χ0n) is 73.4. The lowest BCUT2D eigenvalue weighted by molar-refractivity contribution is 1.10. The summed E-state index contributed by atoms with van der Waals surface area (Å²) in [6, 6.07) is 182. The second-order valence-corrected chi connectivity index (χ2v) is 35.1. The van der Waals surface area contributed by atoms with Crippen LogP contribution in [0.15, 0.2) is 504 Å². The van der Waals surface area contributed by atoms with E-state index in [0.717, 1.165) is 51.2 Å². The van der Waals surface area contributed by atoms with Gasteiger partial charge >= 0.3 is 0 Å². The van der Waals surface area contributed by atoms with Crippen LogP contribution in [0.25, 0.3) is 220 Å². The molecule has 0 bridgehead atoms. The van der Waals surface area contributed by atoms with Crippen LogP contribution in [0.2, 0.25) is 0 Å². The molecule has 0 N–H and O–H groups in total. The average molecular weight is 1720 g/mol. The average Bonchev–Trinajstić information content (AvgIpc) is 1.57. The molecule has 21 aromatic carbocycles. The van der Waals surface area contributed by atoms with E-state index in [1.54, 1.807) is 0 Å². The summed E-state index contributed by atoms with van der Waals surface area (Å²) < 4.78 is 19.2. The first-order valence-electron chi connectivity index (χ1n) is 46.3. The molecule has 0 spiro atoms. The van der Waals surface area contributed by atoms with Gasteiger partial charge in [-0.25, -0.2) is 0 Å². The molecule has 0 saturated heterocycles. The zero-order valence-corrected chi connectivity index (χ0v) is 73.4. The zero-order chi connectivity index (χ0) is 88.7. The smallest absolute Gasteiger partial charge is 0.0541 e. The number of benzene rings is 21. The van der Waals surface area contributed by atoms with E-state index >= 15 is 0 Å². The number of hydrogen-bond acceptors (Lipinski definition) is 1. The Labute approximate surface area is 776 Å². The molecule has 9 heteroatoms. The highest BCUT2D eigenvalue weighted by molar-refractivity contribution is 6.17. The third kappa shape index (κ3) is 12.3. The Morgan fingerprint density at radius 2 is 0.215 bits per heavy atom. The van der Waals surface area contributed by atoms with Gasteiger partial charge in [0, 0.05) is 132 Å². The molecule has 632 valence electrons. The maximum atomic E-state index is 2.43. The van der Waals surface area contributed by atoms with Gasteiger partial charge in [-0.15, -0.1) is 0 Å². The molecule has 8 aromatic heterocycles. The molecule has 0 unspecified atom stereocenters. The molecule has 9 nitrogen and oxygen atoms in total. The maximum absolute atomic E-state index is 2.43. The molecule has 0 aliphatic carbocycles. The Balaban J connectivity index is 0.000000107. The monoisotopic (exact) mass is 1720 g/mol. The highest BCUT2D eigenvalue weighted by Gasteiger charge is 2.25. The number of fused-ring (bicyclic) bond motifs is 24. The van der Waals surface area contributed by atoms with Gasteiger partial charge in [0.05, 0.1) is 105 Å². The molecule has 0 atom stereocenters. The molecule has 0 aliphatic heterocycles. The summed E-state index contributed by atoms with van der Waals surface area (Å²) in [6.07, 6.45) is 0. The minimum Gasteiger partial charge on any atom is -0.310 e. The topological polar surface area (TPSA) is 42.7 Å². The van der Waals surface area contributed by atoms with E-state index in [4.69, 9.17) is 0 Å². The summed E-state index contributed by atoms with van der Waals surface area (Å²) in [5.74, 6) is 0. The predicted octanol–water partition coefficient (Wildman–Crippen LogP) is 33.3. The fraction of sp³-hybridized carbons (Fsp3) is 0. The third-order valence-electron chi connectivity index (χ3n) is 27.7. The van der Waals surface area contributed by atoms with E-state index in [1.165, 1.54) is 186 Å². The highest BCUT2D eigenvalue weighted by atomic mass is 15.1. The molecule has 0 aliphatic rings. The minimum atomic E-state index is 1.08. The molecule has 29 aromatic rings. The number of anilines is 3. The van der Waals surface area contributed by atoms with Crippen LogP contribution in [0.3, 0.4) is 0 Å². The van der Waals surface area contributed by atoms with Gasteiger partial charge in [-0.05, 0) is 206 Å². The Hall–Kier alpha value is -18.2. The van der Waals surface area contributed by atoms with Crippen LogP contribution in [0.5, 0.6) is 0 Å². The summed E-state index contributed by atoms with van der Waals surface area (Å²) >= 11 is 0. The normalized spacial score (nSPS) is 11.9. The van der Waals surface area contributed by atoms with Gasteiger partial charge in [-0.2, -0.15) is 0 Å². The number of aromatic nitrogens is 8. The van der Waals surface area contributed by atoms with Crippen molar-refractivity contribution in [3.8, 4) is 45.5 Å². The molecule has 0 fully saturated rings. The van der Waals surface area contributed by atoms with Crippen molar-refractivity contribution >= 4 is 192 Å². The number of para-hydroxylation sites is 16. The molecule has 29 rings (SSSR count). The number of hydrogen-bond donors (Lipinski definition) is 0. The van der Waals surface area contributed by atoms with Crippen LogP contribution in [-0.4, -0.2) is 36.5 Å². The van der Waals surface area contributed by atoms with Crippen LogP contribution < -0.4 is 4.90 Å². The van der Waals surface area contributed by atoms with Crippen LogP contribution in [0.4, 0.5) is 17.1 Å². The van der Waals surface area contributed by atoms with E-state index in [0.29, 0.717) is 0 Å². The summed E-state index contributed by atoms with van der Waals surface area (Å²) in [5.41, 5.74) is 31.7. The summed E-state index contributed by atoms with van der Waals surface area (Å²) in [5, 5.41) is 20.2. The largest absolute Gasteiger partial charge is 0.310 e. The Kier molecular flexibility index (Phi) is 17.8. The standard InChI is InChI=1S/C54H36N4.C42H27N3.C30H20N2/c1-7-19-49-43(13-1)44-14-2-8-20-50(44)56(49)40-31-25-37(26-32-40)55(38-27-33-41(34-28-38)57-51-21-9-3-15-45(51)46-16-4-10-22-52(46)57)39-29-35-42(36-30-39)58-53-23-11-5-17-47(53)48-18-6-12-24-54(48)58;1-7-19-37-31(13-1)32-14-2-8-20-38(32)43(37)28-25-29(44-39-21-9-3-15-33(39)34-16-4-10-22-40(34)44)27-30(26-28)45-41-23-11-5-17-35(41)36-18-6-12-24-42(36)45;1-5-16-27-23(12-1)24-13-2-6-17-28(24)31(27)21-10-9-11-22(20-21)32-29-18-7-3-14-25(29)26-15-4-8-19-30(26)32/h1-36H;1-27H;1-20H. The number of rotatable bonds is 11. The van der Waals surface area contributed by atoms with E-state index < -0.39 is 0 Å². The lowest BCUT2D eigenvalue weighted by atomic mass is 10.1. The van der Waals surface area contributed by atoms with E-state index in [9.17, 15) is 0 Å². The van der Waals surface area contributed by atoms with Crippen molar-refractivity contribution in [3.63, 3.8) is 0 Å². The second kappa shape index (κ2) is 31.3. The molecule has 8 heterocycles. The summed E-state index contributed by atoms with van der Waals surface area (Å²) in [6.45, 7) is 0. The van der Waals surface area contributed by atoms with Crippen molar-refractivity contribution in [1.29, 1.82) is 0 Å². The van der Waals surface area contributed by atoms with Gasteiger partial charge in [0.2, 0.25) is 0 Å². The van der Waals surface area contributed by atoms with E-state index in [1.807, 2.05) is 0 Å². The Bertz CT molecular complexity index is 8540. The van der Waals surface area contributed by atoms with Gasteiger partial charge in [0.1, 0.15) is 0 Å². The third-order valence-corrected chi connectivity index (χ3v) is 27.7. The van der Waals surface area contributed by atoms with Crippen LogP contribution in [-0.2, 0) is 0 Å². The van der Waals surface area contributed by atoms with Crippen LogP contribution in [0, 0.1) is 0 Å². The van der Waals surface area contributed by atoms with Gasteiger partial charge < -0.3 is 41.4 Å². The molecule has 135 heavy (non-hydrogen) atoms. The van der Waals surface area contributed by atoms with Crippen LogP contribution in [0.1, 0.15) is 0 Å². The summed E-state index contributed by atoms with van der Waals surface area (Å²) in [4.78, 5) is 2.36. The van der Waals surface area contributed by atoms with Crippen molar-refractivity contribution < 1.29 is 0 Å². The SMILES string of the molecule is c1cc(-n2c3ccccc3c3ccccc32)cc(-n2c3ccccc3c3ccccc32)c1.c1ccc2c(c1)c1ccccc1n2-c1cc(-n2c3ccccc3c3ccccc32)cc(-n2c3ccccc3c3ccccc32)c1.c1ccc2c(c1)c1ccccc1n2-c1ccc(N(c2ccc(-n3c4ccccc4c4ccccc43)cc2)c2ccc(-n3c4ccccc4c4ccccc43)cc2)cc1. The lowest BCUT2D eigenvalue weighted by Crippen LogP contribution is -2.10. The Morgan fingerprint density at radius 1 is 0.0963 bits per heavy atom. The first-order valence-corrected chi connectivity index (χ1v) is 46.3. The maximum Gasteiger partial charge on any atom is 0.0541 e. The molecule has 0 saturated carbocycles. The fourth-order valence-corrected chi connectivity index (χ4v) is 22.0. The Morgan fingerprint density at radius 3 is 0.363 bits per heavy atom. The molecule has 0 amide bonds.